The van der Waals surface area contributed by atoms with Crippen LogP contribution in [0, 0.1) is 5.92 Å². The molecule has 1 N–H and O–H groups in total. The first-order chi connectivity index (χ1) is 9.48. The van der Waals surface area contributed by atoms with E-state index in [0.29, 0.717) is 32.4 Å². The number of aliphatic hydroxyl groups is 1. The molecule has 1 amide bonds. The number of hydrogen-bond acceptors (Lipinski definition) is 5. The zero-order chi connectivity index (χ0) is 16.3. The normalized spacial score (nSPS) is 24.0. The third kappa shape index (κ3) is 7.13. The van der Waals surface area contributed by atoms with Crippen LogP contribution in [-0.4, -0.2) is 61.3 Å². The number of ether oxygens (including phenoxy) is 1. The van der Waals surface area contributed by atoms with Crippen molar-refractivity contribution in [2.24, 2.45) is 5.92 Å². The number of carbonyl (C=O) groups excluding carboxylic acids is 1. The van der Waals surface area contributed by atoms with Crippen LogP contribution in [0.3, 0.4) is 0 Å². The van der Waals surface area contributed by atoms with Gasteiger partial charge in [-0.25, -0.2) is 13.2 Å². The molecular weight excluding hydrogens is 294 g/mol. The van der Waals surface area contributed by atoms with Crippen molar-refractivity contribution in [1.82, 2.24) is 4.90 Å². The van der Waals surface area contributed by atoms with Crippen LogP contribution in [0.5, 0.6) is 0 Å². The van der Waals surface area contributed by atoms with Gasteiger partial charge in [0.25, 0.3) is 0 Å². The average molecular weight is 321 g/mol. The molecule has 0 aromatic carbocycles. The van der Waals surface area contributed by atoms with Gasteiger partial charge < -0.3 is 14.7 Å². The highest BCUT2D eigenvalue weighted by Gasteiger charge is 2.32. The minimum Gasteiger partial charge on any atom is -0.444 e. The van der Waals surface area contributed by atoms with Gasteiger partial charge in [-0.1, -0.05) is 0 Å². The molecule has 2 unspecified atom stereocenters. The Bertz CT molecular complexity index is 454. The number of carbonyl (C=O) groups is 1. The number of nitrogens with zero attached hydrogens (tertiary/aromatic N) is 1. The summed E-state index contributed by atoms with van der Waals surface area (Å²) in [6.07, 6.45) is 1.95. The van der Waals surface area contributed by atoms with E-state index >= 15 is 0 Å². The fourth-order valence-corrected chi connectivity index (χ4v) is 3.09. The van der Waals surface area contributed by atoms with E-state index in [-0.39, 0.29) is 17.8 Å². The van der Waals surface area contributed by atoms with Crippen molar-refractivity contribution in [3.8, 4) is 0 Å². The quantitative estimate of drug-likeness (QED) is 0.847. The highest BCUT2D eigenvalue weighted by atomic mass is 32.2. The highest BCUT2D eigenvalue weighted by molar-refractivity contribution is 7.90. The van der Waals surface area contributed by atoms with Crippen LogP contribution in [0.25, 0.3) is 0 Å². The second-order valence-corrected chi connectivity index (χ2v) is 9.07. The Kier molecular flexibility index (Phi) is 6.04. The van der Waals surface area contributed by atoms with Gasteiger partial charge in [-0.2, -0.15) is 0 Å². The summed E-state index contributed by atoms with van der Waals surface area (Å²) in [7, 11) is -2.98. The fourth-order valence-electron chi connectivity index (χ4n) is 2.40. The molecule has 0 aromatic heterocycles. The van der Waals surface area contributed by atoms with Crippen molar-refractivity contribution < 1.29 is 23.1 Å². The van der Waals surface area contributed by atoms with E-state index in [0.717, 1.165) is 0 Å². The lowest BCUT2D eigenvalue weighted by molar-refractivity contribution is -0.0100. The first-order valence-corrected chi connectivity index (χ1v) is 9.38. The number of likely N-dealkylation sites (tertiary alicyclic amines) is 1. The summed E-state index contributed by atoms with van der Waals surface area (Å²) in [6, 6.07) is 0. The van der Waals surface area contributed by atoms with Crippen LogP contribution in [0.4, 0.5) is 4.79 Å². The second-order valence-electron chi connectivity index (χ2n) is 6.81. The van der Waals surface area contributed by atoms with Crippen LogP contribution in [-0.2, 0) is 14.6 Å². The van der Waals surface area contributed by atoms with Crippen molar-refractivity contribution in [3.63, 3.8) is 0 Å². The zero-order valence-electron chi connectivity index (χ0n) is 13.3. The minimum atomic E-state index is -2.98. The Labute approximate surface area is 127 Å². The SMILES string of the molecule is CC(C)(C)OC(=O)N1CCC(O)C(CCCS(C)(=O)=O)C1. The van der Waals surface area contributed by atoms with Gasteiger partial charge in [-0.3, -0.25) is 0 Å². The molecule has 0 spiro atoms. The Morgan fingerprint density at radius 2 is 2.00 bits per heavy atom. The van der Waals surface area contributed by atoms with E-state index in [9.17, 15) is 18.3 Å². The smallest absolute Gasteiger partial charge is 0.410 e. The van der Waals surface area contributed by atoms with E-state index < -0.39 is 21.5 Å². The van der Waals surface area contributed by atoms with Crippen LogP contribution in [0.1, 0.15) is 40.0 Å². The zero-order valence-corrected chi connectivity index (χ0v) is 14.1. The van der Waals surface area contributed by atoms with Crippen LogP contribution in [0.2, 0.25) is 0 Å². The van der Waals surface area contributed by atoms with Gasteiger partial charge in [0.05, 0.1) is 6.10 Å². The summed E-state index contributed by atoms with van der Waals surface area (Å²) < 4.78 is 27.6. The molecule has 0 aliphatic carbocycles. The maximum absolute atomic E-state index is 12.0. The summed E-state index contributed by atoms with van der Waals surface area (Å²) >= 11 is 0. The molecule has 1 rings (SSSR count). The molecule has 6 nitrogen and oxygen atoms in total. The lowest BCUT2D eigenvalue weighted by atomic mass is 9.91. The van der Waals surface area contributed by atoms with Gasteiger partial charge in [-0.15, -0.1) is 0 Å². The first-order valence-electron chi connectivity index (χ1n) is 7.31. The standard InChI is InChI=1S/C14H27NO5S/c1-14(2,3)20-13(17)15-8-7-12(16)11(10-15)6-5-9-21(4,18)19/h11-12,16H,5-10H2,1-4H3. The van der Waals surface area contributed by atoms with E-state index in [2.05, 4.69) is 0 Å². The number of piperidine rings is 1. The molecule has 1 aliphatic heterocycles. The molecule has 0 saturated carbocycles. The summed E-state index contributed by atoms with van der Waals surface area (Å²) in [6.45, 7) is 6.33. The van der Waals surface area contributed by atoms with Gasteiger partial charge in [0, 0.05) is 31.0 Å². The van der Waals surface area contributed by atoms with Crippen LogP contribution in [0.15, 0.2) is 0 Å². The average Bonchev–Trinajstić information content (AvgIpc) is 2.27. The Morgan fingerprint density at radius 1 is 1.38 bits per heavy atom. The molecule has 1 saturated heterocycles. The van der Waals surface area contributed by atoms with Gasteiger partial charge in [0.1, 0.15) is 15.4 Å². The number of sulfone groups is 1. The van der Waals surface area contributed by atoms with Gasteiger partial charge >= 0.3 is 6.09 Å². The third-order valence-electron chi connectivity index (χ3n) is 3.44. The molecule has 1 fully saturated rings. The molecule has 2 atom stereocenters. The third-order valence-corrected chi connectivity index (χ3v) is 4.47. The molecule has 124 valence electrons. The van der Waals surface area contributed by atoms with Crippen molar-refractivity contribution in [2.75, 3.05) is 25.1 Å². The predicted octanol–water partition coefficient (Wildman–Crippen LogP) is 1.43. The lowest BCUT2D eigenvalue weighted by Crippen LogP contribution is -2.47. The van der Waals surface area contributed by atoms with Crippen LogP contribution >= 0.6 is 0 Å². The van der Waals surface area contributed by atoms with Crippen molar-refractivity contribution >= 4 is 15.9 Å². The van der Waals surface area contributed by atoms with E-state index in [1.807, 2.05) is 20.8 Å². The largest absolute Gasteiger partial charge is 0.444 e. The summed E-state index contributed by atoms with van der Waals surface area (Å²) in [4.78, 5) is 13.6. The monoisotopic (exact) mass is 321 g/mol. The first kappa shape index (κ1) is 18.2. The number of hydrogen-bond donors (Lipinski definition) is 1. The van der Waals surface area contributed by atoms with E-state index in [4.69, 9.17) is 4.74 Å². The molecule has 1 aliphatic rings. The summed E-state index contributed by atoms with van der Waals surface area (Å²) in [5.74, 6) is 0.0239. The van der Waals surface area contributed by atoms with Gasteiger partial charge in [-0.05, 0) is 40.0 Å². The van der Waals surface area contributed by atoms with Crippen molar-refractivity contribution in [1.29, 1.82) is 0 Å². The molecule has 21 heavy (non-hydrogen) atoms. The number of amides is 1. The van der Waals surface area contributed by atoms with Gasteiger partial charge in [0.2, 0.25) is 0 Å². The van der Waals surface area contributed by atoms with Crippen molar-refractivity contribution in [2.45, 2.75) is 51.7 Å². The predicted molar refractivity (Wildman–Crippen MR) is 80.9 cm³/mol. The highest BCUT2D eigenvalue weighted by Crippen LogP contribution is 2.23. The molecule has 0 radical (unpaired) electrons. The molecule has 0 aromatic rings. The minimum absolute atomic E-state index is 0.0898. The second kappa shape index (κ2) is 6.96. The van der Waals surface area contributed by atoms with E-state index in [1.54, 1.807) is 4.90 Å². The topological polar surface area (TPSA) is 83.9 Å². The summed E-state index contributed by atoms with van der Waals surface area (Å²) in [5.41, 5.74) is -0.543. The number of aliphatic hydroxyl groups excluding tert-OH is 1. The maximum atomic E-state index is 12.0. The molecule has 0 bridgehead atoms. The molecule has 7 heteroatoms. The fraction of sp³-hybridized carbons (Fsp3) is 0.929. The Hall–Kier alpha value is -0.820. The van der Waals surface area contributed by atoms with Gasteiger partial charge in [0.15, 0.2) is 0 Å². The molecular formula is C14H27NO5S. The summed E-state index contributed by atoms with van der Waals surface area (Å²) in [5, 5.41) is 10.0. The lowest BCUT2D eigenvalue weighted by Gasteiger charge is -2.37. The molecule has 1 heterocycles. The van der Waals surface area contributed by atoms with Crippen molar-refractivity contribution in [3.05, 3.63) is 0 Å². The van der Waals surface area contributed by atoms with E-state index in [1.165, 1.54) is 6.26 Å². The maximum Gasteiger partial charge on any atom is 0.410 e. The Morgan fingerprint density at radius 3 is 2.52 bits per heavy atom. The Balaban J connectivity index is 2.51. The number of rotatable bonds is 4. The van der Waals surface area contributed by atoms with Crippen LogP contribution < -0.4 is 0 Å².